The van der Waals surface area contributed by atoms with Crippen LogP contribution in [0.25, 0.3) is 11.0 Å². The second-order valence-electron chi connectivity index (χ2n) is 7.42. The Hall–Kier alpha value is -1.90. The Balaban J connectivity index is 0.00000210. The lowest BCUT2D eigenvalue weighted by atomic mass is 10.0. The van der Waals surface area contributed by atoms with Crippen molar-refractivity contribution >= 4 is 41.8 Å². The van der Waals surface area contributed by atoms with E-state index in [-0.39, 0.29) is 53.7 Å². The molecule has 1 amide bonds. The highest BCUT2D eigenvalue weighted by Gasteiger charge is 2.27. The molecule has 1 unspecified atom stereocenters. The minimum Gasteiger partial charge on any atom is -0.337 e. The molecule has 0 saturated carbocycles. The second kappa shape index (κ2) is 10.2. The first-order valence-corrected chi connectivity index (χ1v) is 9.50. The van der Waals surface area contributed by atoms with Crippen LogP contribution in [-0.2, 0) is 6.54 Å². The first-order chi connectivity index (χ1) is 12.8. The van der Waals surface area contributed by atoms with E-state index in [4.69, 9.17) is 0 Å². The zero-order valence-corrected chi connectivity index (χ0v) is 18.8. The molecular weight excluding hydrogens is 417 g/mol. The first kappa shape index (κ1) is 25.1. The van der Waals surface area contributed by atoms with Crippen LogP contribution in [-0.4, -0.2) is 51.5 Å². The van der Waals surface area contributed by atoms with Gasteiger partial charge >= 0.3 is 5.69 Å². The molecule has 10 heteroatoms. The van der Waals surface area contributed by atoms with E-state index in [1.165, 1.54) is 4.57 Å². The van der Waals surface area contributed by atoms with Gasteiger partial charge in [-0.3, -0.25) is 19.1 Å². The highest BCUT2D eigenvalue weighted by Crippen LogP contribution is 2.22. The van der Waals surface area contributed by atoms with Gasteiger partial charge < -0.3 is 10.2 Å². The molecule has 0 aliphatic carbocycles. The Morgan fingerprint density at radius 2 is 2.03 bits per heavy atom. The van der Waals surface area contributed by atoms with E-state index < -0.39 is 11.2 Å². The van der Waals surface area contributed by atoms with Crippen molar-refractivity contribution in [1.29, 1.82) is 0 Å². The highest BCUT2D eigenvalue weighted by molar-refractivity contribution is 6.05. The Bertz CT molecular complexity index is 980. The average molecular weight is 446 g/mol. The second-order valence-corrected chi connectivity index (χ2v) is 7.42. The highest BCUT2D eigenvalue weighted by atomic mass is 35.5. The molecule has 3 rings (SSSR count). The number of amides is 1. The Labute approximate surface area is 181 Å². The number of carbonyl (C=O) groups excluding carboxylic acids is 1. The van der Waals surface area contributed by atoms with Crippen molar-refractivity contribution in [2.45, 2.75) is 52.1 Å². The van der Waals surface area contributed by atoms with E-state index in [0.29, 0.717) is 24.2 Å². The summed E-state index contributed by atoms with van der Waals surface area (Å²) >= 11 is 0. The molecule has 2 aromatic rings. The third-order valence-electron chi connectivity index (χ3n) is 5.14. The van der Waals surface area contributed by atoms with Crippen LogP contribution in [0.3, 0.4) is 0 Å². The topological polar surface area (TPSA) is 100 Å². The zero-order chi connectivity index (χ0) is 19.7. The fraction of sp³-hybridized carbons (Fsp3) is 0.579. The third-order valence-corrected chi connectivity index (χ3v) is 5.14. The number of nitrogens with one attached hydrogen (secondary N) is 2. The number of likely N-dealkylation sites (N-methyl/N-ethyl adjacent to an activating group) is 1. The van der Waals surface area contributed by atoms with Gasteiger partial charge in [0.1, 0.15) is 0 Å². The summed E-state index contributed by atoms with van der Waals surface area (Å²) < 4.78 is 1.45. The summed E-state index contributed by atoms with van der Waals surface area (Å²) in [5, 5.41) is 3.44. The molecule has 162 valence electrons. The van der Waals surface area contributed by atoms with Crippen molar-refractivity contribution in [1.82, 2.24) is 24.8 Å². The molecule has 0 spiro atoms. The number of aromatic nitrogens is 3. The molecule has 0 aromatic carbocycles. The maximum absolute atomic E-state index is 13.3. The summed E-state index contributed by atoms with van der Waals surface area (Å²) in [7, 11) is 1.76. The van der Waals surface area contributed by atoms with Crippen molar-refractivity contribution in [3.8, 4) is 0 Å². The smallest absolute Gasteiger partial charge is 0.329 e. The van der Waals surface area contributed by atoms with Crippen molar-refractivity contribution < 1.29 is 4.79 Å². The standard InChI is InChI=1S/C19H27N5O3.2ClH/c1-5-8-24-16-15(17(25)22-19(24)27)13(9-14(21-16)11(2)3)18(26)23(4)12-6-7-20-10-12;;/h9,11-12,20H,5-8,10H2,1-4H3,(H,22,25,27);2*1H. The van der Waals surface area contributed by atoms with Crippen molar-refractivity contribution in [3.63, 3.8) is 0 Å². The lowest BCUT2D eigenvalue weighted by Crippen LogP contribution is -2.39. The van der Waals surface area contributed by atoms with Gasteiger partial charge in [0.25, 0.3) is 11.5 Å². The van der Waals surface area contributed by atoms with E-state index in [0.717, 1.165) is 19.5 Å². The van der Waals surface area contributed by atoms with E-state index in [9.17, 15) is 14.4 Å². The van der Waals surface area contributed by atoms with Gasteiger partial charge in [-0.05, 0) is 31.4 Å². The number of hydrogen-bond donors (Lipinski definition) is 2. The summed E-state index contributed by atoms with van der Waals surface area (Å²) in [6.07, 6.45) is 1.59. The molecule has 8 nitrogen and oxygen atoms in total. The van der Waals surface area contributed by atoms with Gasteiger partial charge in [-0.15, -0.1) is 24.8 Å². The molecule has 3 heterocycles. The van der Waals surface area contributed by atoms with Crippen LogP contribution < -0.4 is 16.6 Å². The normalized spacial score (nSPS) is 15.8. The van der Waals surface area contributed by atoms with Gasteiger partial charge in [0.2, 0.25) is 0 Å². The molecule has 29 heavy (non-hydrogen) atoms. The van der Waals surface area contributed by atoms with Gasteiger partial charge in [0, 0.05) is 31.9 Å². The summed E-state index contributed by atoms with van der Waals surface area (Å²) in [5.74, 6) is -0.158. The third kappa shape index (κ3) is 4.82. The summed E-state index contributed by atoms with van der Waals surface area (Å²) in [4.78, 5) is 46.8. The Morgan fingerprint density at radius 3 is 2.59 bits per heavy atom. The van der Waals surface area contributed by atoms with Crippen LogP contribution in [0, 0.1) is 0 Å². The van der Waals surface area contributed by atoms with Crippen molar-refractivity contribution in [2.24, 2.45) is 0 Å². The molecule has 0 radical (unpaired) electrons. The van der Waals surface area contributed by atoms with Gasteiger partial charge in [-0.1, -0.05) is 20.8 Å². The summed E-state index contributed by atoms with van der Waals surface area (Å²) in [6.45, 7) is 7.93. The number of carbonyl (C=O) groups is 1. The summed E-state index contributed by atoms with van der Waals surface area (Å²) in [6, 6.07) is 1.79. The first-order valence-electron chi connectivity index (χ1n) is 9.50. The number of halogens is 2. The lowest BCUT2D eigenvalue weighted by molar-refractivity contribution is 0.0745. The minimum atomic E-state index is -0.563. The SMILES string of the molecule is CCCn1c(=O)[nH]c(=O)c2c(C(=O)N(C)C3CCNC3)cc(C(C)C)nc21.Cl.Cl. The van der Waals surface area contributed by atoms with Crippen LogP contribution in [0.5, 0.6) is 0 Å². The zero-order valence-electron chi connectivity index (χ0n) is 17.2. The maximum atomic E-state index is 13.3. The van der Waals surface area contributed by atoms with E-state index >= 15 is 0 Å². The predicted molar refractivity (Wildman–Crippen MR) is 119 cm³/mol. The molecule has 2 N–H and O–H groups in total. The molecule has 0 bridgehead atoms. The van der Waals surface area contributed by atoms with Gasteiger partial charge in [0.15, 0.2) is 5.65 Å². The summed E-state index contributed by atoms with van der Waals surface area (Å²) in [5.41, 5.74) is 0.238. The predicted octanol–water partition coefficient (Wildman–Crippen LogP) is 1.90. The van der Waals surface area contributed by atoms with Gasteiger partial charge in [0.05, 0.1) is 10.9 Å². The minimum absolute atomic E-state index is 0. The number of aromatic amines is 1. The molecule has 2 aromatic heterocycles. The Kier molecular flexibility index (Phi) is 8.86. The van der Waals surface area contributed by atoms with Crippen LogP contribution in [0.4, 0.5) is 0 Å². The molecule has 1 aliphatic rings. The number of fused-ring (bicyclic) bond motifs is 1. The number of H-pyrrole nitrogens is 1. The average Bonchev–Trinajstić information content (AvgIpc) is 3.17. The van der Waals surface area contributed by atoms with Crippen molar-refractivity contribution in [2.75, 3.05) is 20.1 Å². The molecule has 1 saturated heterocycles. The van der Waals surface area contributed by atoms with Crippen LogP contribution in [0.15, 0.2) is 15.7 Å². The molecular formula is C19H29Cl2N5O3. The van der Waals surface area contributed by atoms with Crippen LogP contribution >= 0.6 is 24.8 Å². The fourth-order valence-corrected chi connectivity index (χ4v) is 3.51. The quantitative estimate of drug-likeness (QED) is 0.731. The molecule has 1 atom stereocenters. The number of nitrogens with zero attached hydrogens (tertiary/aromatic N) is 3. The molecule has 1 fully saturated rings. The van der Waals surface area contributed by atoms with E-state index in [1.807, 2.05) is 20.8 Å². The number of pyridine rings is 1. The largest absolute Gasteiger partial charge is 0.337 e. The van der Waals surface area contributed by atoms with Gasteiger partial charge in [-0.2, -0.15) is 0 Å². The van der Waals surface area contributed by atoms with Crippen LogP contribution in [0.2, 0.25) is 0 Å². The molecule has 1 aliphatic heterocycles. The number of rotatable bonds is 5. The number of hydrogen-bond acceptors (Lipinski definition) is 5. The maximum Gasteiger partial charge on any atom is 0.329 e. The van der Waals surface area contributed by atoms with Crippen molar-refractivity contribution in [3.05, 3.63) is 38.2 Å². The number of aryl methyl sites for hydroxylation is 1. The fourth-order valence-electron chi connectivity index (χ4n) is 3.51. The van der Waals surface area contributed by atoms with Gasteiger partial charge in [-0.25, -0.2) is 9.78 Å². The van der Waals surface area contributed by atoms with E-state index in [2.05, 4.69) is 15.3 Å². The Morgan fingerprint density at radius 1 is 1.34 bits per heavy atom. The van der Waals surface area contributed by atoms with Crippen LogP contribution in [0.1, 0.15) is 55.6 Å². The lowest BCUT2D eigenvalue weighted by Gasteiger charge is -2.25. The monoisotopic (exact) mass is 445 g/mol. The van der Waals surface area contributed by atoms with E-state index in [1.54, 1.807) is 18.0 Å².